The number of hydrogen-bond donors (Lipinski definition) is 2. The fraction of sp³-hybridized carbons (Fsp3) is 0.182. The quantitative estimate of drug-likeness (QED) is 0.788. The van der Waals surface area contributed by atoms with Crippen molar-refractivity contribution in [1.82, 2.24) is 15.0 Å². The van der Waals surface area contributed by atoms with E-state index in [1.165, 1.54) is 10.2 Å². The summed E-state index contributed by atoms with van der Waals surface area (Å²) in [5, 5.41) is 7.48. The van der Waals surface area contributed by atoms with Gasteiger partial charge in [-0.3, -0.25) is 4.79 Å². The molecule has 88 valence electrons. The topological polar surface area (TPSA) is 99.8 Å². The number of aryl methyl sites for hydroxylation is 2. The third kappa shape index (κ3) is 1.84. The highest BCUT2D eigenvalue weighted by Gasteiger charge is 2.15. The van der Waals surface area contributed by atoms with Crippen molar-refractivity contribution in [1.29, 1.82) is 0 Å². The number of carbonyl (C=O) groups excluding carboxylic acids is 1. The number of aromatic nitrogens is 3. The van der Waals surface area contributed by atoms with Gasteiger partial charge >= 0.3 is 0 Å². The van der Waals surface area contributed by atoms with Crippen LogP contribution >= 0.6 is 0 Å². The molecular formula is C11H13N5O. The number of primary amides is 1. The van der Waals surface area contributed by atoms with Crippen LogP contribution < -0.4 is 11.5 Å². The van der Waals surface area contributed by atoms with E-state index in [0.717, 1.165) is 11.3 Å². The van der Waals surface area contributed by atoms with Gasteiger partial charge in [0.1, 0.15) is 0 Å². The van der Waals surface area contributed by atoms with Gasteiger partial charge in [-0.15, -0.1) is 5.10 Å². The third-order valence-electron chi connectivity index (χ3n) is 2.67. The van der Waals surface area contributed by atoms with Gasteiger partial charge in [-0.2, -0.15) is 4.68 Å². The highest BCUT2D eigenvalue weighted by atomic mass is 16.1. The average molecular weight is 231 g/mol. The molecule has 0 fully saturated rings. The Morgan fingerprint density at radius 2 is 2.00 bits per heavy atom. The predicted octanol–water partition coefficient (Wildman–Crippen LogP) is 0.565. The van der Waals surface area contributed by atoms with Crippen molar-refractivity contribution in [3.8, 4) is 5.69 Å². The normalized spacial score (nSPS) is 10.5. The molecule has 2 rings (SSSR count). The monoisotopic (exact) mass is 231 g/mol. The molecule has 1 aromatic carbocycles. The van der Waals surface area contributed by atoms with Crippen molar-refractivity contribution in [3.05, 3.63) is 35.0 Å². The summed E-state index contributed by atoms with van der Waals surface area (Å²) < 4.78 is 1.40. The van der Waals surface area contributed by atoms with E-state index in [9.17, 15) is 4.79 Å². The Labute approximate surface area is 98.2 Å². The van der Waals surface area contributed by atoms with Crippen molar-refractivity contribution in [3.63, 3.8) is 0 Å². The van der Waals surface area contributed by atoms with Gasteiger partial charge in [-0.1, -0.05) is 11.3 Å². The molecule has 1 heterocycles. The molecule has 1 amide bonds. The van der Waals surface area contributed by atoms with Gasteiger partial charge < -0.3 is 11.5 Å². The molecule has 0 radical (unpaired) electrons. The van der Waals surface area contributed by atoms with Gasteiger partial charge in [-0.05, 0) is 37.1 Å². The zero-order chi connectivity index (χ0) is 12.6. The smallest absolute Gasteiger partial charge is 0.273 e. The predicted molar refractivity (Wildman–Crippen MR) is 63.8 cm³/mol. The van der Waals surface area contributed by atoms with Crippen molar-refractivity contribution in [2.45, 2.75) is 13.8 Å². The summed E-state index contributed by atoms with van der Waals surface area (Å²) in [6.45, 7) is 4.00. The van der Waals surface area contributed by atoms with E-state index < -0.39 is 5.91 Å². The molecule has 4 N–H and O–H groups in total. The summed E-state index contributed by atoms with van der Waals surface area (Å²) in [5.41, 5.74) is 13.9. The number of carbonyl (C=O) groups is 1. The second kappa shape index (κ2) is 3.89. The van der Waals surface area contributed by atoms with Gasteiger partial charge in [-0.25, -0.2) is 0 Å². The van der Waals surface area contributed by atoms with Crippen molar-refractivity contribution < 1.29 is 4.79 Å². The molecular weight excluding hydrogens is 218 g/mol. The van der Waals surface area contributed by atoms with E-state index in [4.69, 9.17) is 11.5 Å². The Hall–Kier alpha value is -2.37. The maximum atomic E-state index is 11.0. The lowest BCUT2D eigenvalue weighted by Crippen LogP contribution is -2.14. The Kier molecular flexibility index (Phi) is 2.55. The lowest BCUT2D eigenvalue weighted by atomic mass is 10.1. The second-order valence-corrected chi connectivity index (χ2v) is 3.87. The number of rotatable bonds is 2. The maximum Gasteiger partial charge on any atom is 0.273 e. The van der Waals surface area contributed by atoms with Gasteiger partial charge in [0.2, 0.25) is 0 Å². The largest absolute Gasteiger partial charge is 0.382 e. The zero-order valence-electron chi connectivity index (χ0n) is 9.64. The van der Waals surface area contributed by atoms with E-state index in [1.807, 2.05) is 32.0 Å². The average Bonchev–Trinajstić information content (AvgIpc) is 2.64. The number of nitrogen functional groups attached to an aromatic ring is 1. The highest BCUT2D eigenvalue weighted by Crippen LogP contribution is 2.17. The van der Waals surface area contributed by atoms with Gasteiger partial charge in [0.05, 0.1) is 5.69 Å². The first-order valence-electron chi connectivity index (χ1n) is 5.09. The second-order valence-electron chi connectivity index (χ2n) is 3.87. The Bertz CT molecular complexity index is 588. The molecule has 0 bridgehead atoms. The lowest BCUT2D eigenvalue weighted by molar-refractivity contribution is 0.0996. The van der Waals surface area contributed by atoms with Crippen LogP contribution in [-0.4, -0.2) is 20.9 Å². The summed E-state index contributed by atoms with van der Waals surface area (Å²) in [6.07, 6.45) is 0. The number of anilines is 1. The molecule has 0 aliphatic carbocycles. The van der Waals surface area contributed by atoms with E-state index >= 15 is 0 Å². The minimum Gasteiger partial charge on any atom is -0.382 e. The molecule has 6 heteroatoms. The van der Waals surface area contributed by atoms with Crippen LogP contribution in [0.4, 0.5) is 5.82 Å². The molecule has 0 spiro atoms. The summed E-state index contributed by atoms with van der Waals surface area (Å²) in [6, 6.07) is 5.74. The Morgan fingerprint density at radius 3 is 2.53 bits per heavy atom. The van der Waals surface area contributed by atoms with Crippen LogP contribution in [0.5, 0.6) is 0 Å². The van der Waals surface area contributed by atoms with E-state index in [2.05, 4.69) is 10.3 Å². The first-order chi connectivity index (χ1) is 8.00. The van der Waals surface area contributed by atoms with E-state index in [0.29, 0.717) is 0 Å². The number of hydrogen-bond acceptors (Lipinski definition) is 4. The highest BCUT2D eigenvalue weighted by molar-refractivity contribution is 5.95. The molecule has 0 atom stereocenters. The first kappa shape index (κ1) is 11.1. The molecule has 6 nitrogen and oxygen atoms in total. The van der Waals surface area contributed by atoms with Crippen LogP contribution in [0.25, 0.3) is 5.69 Å². The van der Waals surface area contributed by atoms with E-state index in [1.54, 1.807) is 0 Å². The van der Waals surface area contributed by atoms with Crippen molar-refractivity contribution in [2.24, 2.45) is 5.73 Å². The molecule has 0 saturated heterocycles. The van der Waals surface area contributed by atoms with Crippen LogP contribution in [-0.2, 0) is 0 Å². The number of nitrogens with two attached hydrogens (primary N) is 2. The van der Waals surface area contributed by atoms with Crippen molar-refractivity contribution >= 4 is 11.7 Å². The third-order valence-corrected chi connectivity index (χ3v) is 2.67. The van der Waals surface area contributed by atoms with E-state index in [-0.39, 0.29) is 11.5 Å². The number of amides is 1. The molecule has 0 aliphatic rings. The van der Waals surface area contributed by atoms with Gasteiger partial charge in [0, 0.05) is 0 Å². The standard InChI is InChI=1S/C11H13N5O/c1-6-3-4-8(5-7(6)2)16-10(12)9(11(13)17)14-15-16/h3-5H,12H2,1-2H3,(H2,13,17). The van der Waals surface area contributed by atoms with Crippen LogP contribution in [0.15, 0.2) is 18.2 Å². The molecule has 0 saturated carbocycles. The Morgan fingerprint density at radius 1 is 1.29 bits per heavy atom. The fourth-order valence-corrected chi connectivity index (χ4v) is 1.51. The maximum absolute atomic E-state index is 11.0. The first-order valence-corrected chi connectivity index (χ1v) is 5.09. The number of benzene rings is 1. The summed E-state index contributed by atoms with van der Waals surface area (Å²) in [7, 11) is 0. The zero-order valence-corrected chi connectivity index (χ0v) is 9.64. The van der Waals surface area contributed by atoms with Crippen LogP contribution in [0, 0.1) is 13.8 Å². The minimum atomic E-state index is -0.683. The van der Waals surface area contributed by atoms with Crippen LogP contribution in [0.1, 0.15) is 21.6 Å². The molecule has 2 aromatic rings. The lowest BCUT2D eigenvalue weighted by Gasteiger charge is -2.06. The summed E-state index contributed by atoms with van der Waals surface area (Å²) in [4.78, 5) is 11.0. The summed E-state index contributed by atoms with van der Waals surface area (Å²) >= 11 is 0. The van der Waals surface area contributed by atoms with Gasteiger partial charge in [0.15, 0.2) is 11.5 Å². The van der Waals surface area contributed by atoms with Crippen molar-refractivity contribution in [2.75, 3.05) is 5.73 Å². The van der Waals surface area contributed by atoms with Crippen LogP contribution in [0.3, 0.4) is 0 Å². The Balaban J connectivity index is 2.53. The minimum absolute atomic E-state index is 0.0109. The van der Waals surface area contributed by atoms with Crippen LogP contribution in [0.2, 0.25) is 0 Å². The van der Waals surface area contributed by atoms with Gasteiger partial charge in [0.25, 0.3) is 5.91 Å². The molecule has 0 unspecified atom stereocenters. The summed E-state index contributed by atoms with van der Waals surface area (Å²) in [5.74, 6) is -0.529. The fourth-order valence-electron chi connectivity index (χ4n) is 1.51. The SMILES string of the molecule is Cc1ccc(-n2nnc(C(N)=O)c2N)cc1C. The molecule has 0 aliphatic heterocycles. The molecule has 1 aromatic heterocycles. The molecule has 17 heavy (non-hydrogen) atoms. The number of nitrogens with zero attached hydrogens (tertiary/aromatic N) is 3.